The molecule has 0 aliphatic carbocycles. The Morgan fingerprint density at radius 2 is 2.09 bits per heavy atom. The fourth-order valence-electron chi connectivity index (χ4n) is 2.19. The molecule has 2 heterocycles. The van der Waals surface area contributed by atoms with E-state index in [1.54, 1.807) is 0 Å². The number of alkyl halides is 3. The molecule has 2 rings (SSSR count). The molecule has 0 radical (unpaired) electrons. The molecule has 1 aliphatic rings. The highest BCUT2D eigenvalue weighted by Gasteiger charge is 2.36. The summed E-state index contributed by atoms with van der Waals surface area (Å²) in [4.78, 5) is 0. The largest absolute Gasteiger partial charge is 0.741 e. The minimum Gasteiger partial charge on any atom is -0.741 e. The van der Waals surface area contributed by atoms with E-state index in [0.29, 0.717) is 6.04 Å². The van der Waals surface area contributed by atoms with Gasteiger partial charge in [0.1, 0.15) is 18.9 Å². The summed E-state index contributed by atoms with van der Waals surface area (Å²) in [5, 5.41) is 3.53. The van der Waals surface area contributed by atoms with Gasteiger partial charge < -0.3 is 9.87 Å². The van der Waals surface area contributed by atoms with Gasteiger partial charge in [-0.3, -0.25) is 0 Å². The molecule has 1 saturated heterocycles. The van der Waals surface area contributed by atoms with Crippen LogP contribution in [-0.2, 0) is 23.2 Å². The fourth-order valence-corrected chi connectivity index (χ4v) is 2.19. The molecule has 0 bridgehead atoms. The molecule has 0 saturated carbocycles. The van der Waals surface area contributed by atoms with Gasteiger partial charge in [0.2, 0.25) is 6.33 Å². The number of rotatable bonds is 5. The van der Waals surface area contributed by atoms with E-state index in [4.69, 9.17) is 13.0 Å². The van der Waals surface area contributed by atoms with Crippen LogP contribution in [0.3, 0.4) is 0 Å². The van der Waals surface area contributed by atoms with Crippen LogP contribution in [-0.4, -0.2) is 35.6 Å². The molecule has 1 aliphatic heterocycles. The lowest BCUT2D eigenvalue weighted by Crippen LogP contribution is -2.41. The molecule has 1 aromatic rings. The van der Waals surface area contributed by atoms with Gasteiger partial charge in [0, 0.05) is 6.04 Å². The van der Waals surface area contributed by atoms with Gasteiger partial charge in [-0.05, 0) is 25.8 Å². The summed E-state index contributed by atoms with van der Waals surface area (Å²) >= 11 is 0. The zero-order valence-electron chi connectivity index (χ0n) is 12.9. The van der Waals surface area contributed by atoms with Gasteiger partial charge in [-0.1, -0.05) is 13.3 Å². The highest BCUT2D eigenvalue weighted by Crippen LogP contribution is 2.20. The Hall–Kier alpha value is -1.13. The van der Waals surface area contributed by atoms with Gasteiger partial charge in [-0.15, -0.1) is 0 Å². The first kappa shape index (κ1) is 19.9. The molecule has 1 N–H and O–H groups in total. The quantitative estimate of drug-likeness (QED) is 0.491. The van der Waals surface area contributed by atoms with Crippen LogP contribution < -0.4 is 9.88 Å². The maximum Gasteiger partial charge on any atom is 0.485 e. The summed E-state index contributed by atoms with van der Waals surface area (Å²) in [6, 6.07) is 0.692. The summed E-state index contributed by atoms with van der Waals surface area (Å²) < 4.78 is 63.5. The van der Waals surface area contributed by atoms with Crippen molar-refractivity contribution in [2.45, 2.75) is 57.2 Å². The van der Waals surface area contributed by atoms with Crippen molar-refractivity contribution in [3.63, 3.8) is 0 Å². The van der Waals surface area contributed by atoms with Gasteiger partial charge in [-0.2, -0.15) is 13.2 Å². The molecule has 0 aromatic carbocycles. The van der Waals surface area contributed by atoms with Crippen LogP contribution in [0.4, 0.5) is 13.2 Å². The van der Waals surface area contributed by atoms with Crippen molar-refractivity contribution in [1.82, 2.24) is 9.88 Å². The smallest absolute Gasteiger partial charge is 0.485 e. The van der Waals surface area contributed by atoms with Crippen molar-refractivity contribution in [2.24, 2.45) is 0 Å². The normalized spacial score (nSPS) is 18.6. The third kappa shape index (κ3) is 7.32. The Balaban J connectivity index is 0.000000284. The first-order chi connectivity index (χ1) is 10.6. The molecular formula is C13H22F3N3O3S. The van der Waals surface area contributed by atoms with Gasteiger partial charge >= 0.3 is 5.51 Å². The van der Waals surface area contributed by atoms with Crippen molar-refractivity contribution in [1.29, 1.82) is 0 Å². The van der Waals surface area contributed by atoms with E-state index in [2.05, 4.69) is 40.1 Å². The molecular weight excluding hydrogens is 335 g/mol. The number of unbranched alkanes of at least 4 members (excludes halogenated alkanes) is 1. The summed E-state index contributed by atoms with van der Waals surface area (Å²) in [7, 11) is -6.09. The molecule has 23 heavy (non-hydrogen) atoms. The van der Waals surface area contributed by atoms with E-state index in [9.17, 15) is 13.2 Å². The molecule has 0 amide bonds. The Labute approximate surface area is 134 Å². The number of imidazole rings is 1. The van der Waals surface area contributed by atoms with E-state index < -0.39 is 15.6 Å². The second-order valence-electron chi connectivity index (χ2n) is 5.39. The van der Waals surface area contributed by atoms with Gasteiger partial charge in [0.05, 0.1) is 6.54 Å². The lowest BCUT2D eigenvalue weighted by Gasteiger charge is -2.08. The zero-order chi connectivity index (χ0) is 17.5. The van der Waals surface area contributed by atoms with Crippen molar-refractivity contribution >= 4 is 10.1 Å². The molecule has 0 unspecified atom stereocenters. The number of nitrogens with zero attached hydrogens (tertiary/aromatic N) is 2. The van der Waals surface area contributed by atoms with Crippen LogP contribution in [0.2, 0.25) is 0 Å². The number of halogens is 3. The monoisotopic (exact) mass is 357 g/mol. The highest BCUT2D eigenvalue weighted by atomic mass is 32.2. The summed E-state index contributed by atoms with van der Waals surface area (Å²) in [5.74, 6) is 0. The lowest BCUT2D eigenvalue weighted by molar-refractivity contribution is -0.698. The first-order valence-electron chi connectivity index (χ1n) is 7.44. The van der Waals surface area contributed by atoms with Crippen LogP contribution in [0, 0.1) is 0 Å². The van der Waals surface area contributed by atoms with Crippen molar-refractivity contribution in [2.75, 3.05) is 6.54 Å². The second-order valence-corrected chi connectivity index (χ2v) is 6.77. The van der Waals surface area contributed by atoms with Crippen LogP contribution in [0.5, 0.6) is 0 Å². The van der Waals surface area contributed by atoms with Gasteiger partial charge in [0.25, 0.3) is 0 Å². The van der Waals surface area contributed by atoms with Crippen LogP contribution in [0.1, 0.15) is 32.6 Å². The Kier molecular flexibility index (Phi) is 7.49. The van der Waals surface area contributed by atoms with E-state index in [1.807, 2.05) is 0 Å². The Morgan fingerprint density at radius 1 is 1.43 bits per heavy atom. The summed E-state index contributed by atoms with van der Waals surface area (Å²) in [6.07, 6.45) is 11.8. The van der Waals surface area contributed by atoms with Crippen molar-refractivity contribution in [3.05, 3.63) is 18.7 Å². The van der Waals surface area contributed by atoms with E-state index in [-0.39, 0.29) is 0 Å². The predicted molar refractivity (Wildman–Crippen MR) is 76.3 cm³/mol. The molecule has 1 fully saturated rings. The minimum absolute atomic E-state index is 0.692. The van der Waals surface area contributed by atoms with Crippen LogP contribution in [0.15, 0.2) is 18.7 Å². The van der Waals surface area contributed by atoms with Crippen molar-refractivity contribution in [3.8, 4) is 0 Å². The standard InChI is InChI=1S/C12H22N3.CHF3O3S/c1-2-3-7-14-8-9-15(11-14)10-12-5-4-6-13-12;2-1(3,4)8(5,6)7/h8-9,11-13H,2-7,10H2,1H3;(H,5,6,7)/q+1;/p-1/t12-;/m0./s1. The minimum atomic E-state index is -6.09. The molecule has 6 nitrogen and oxygen atoms in total. The van der Waals surface area contributed by atoms with Gasteiger partial charge in [-0.25, -0.2) is 17.6 Å². The number of hydrogen-bond acceptors (Lipinski definition) is 4. The average molecular weight is 357 g/mol. The maximum atomic E-state index is 10.7. The number of hydrogen-bond donors (Lipinski definition) is 1. The van der Waals surface area contributed by atoms with Crippen molar-refractivity contribution < 1.29 is 30.7 Å². The Bertz CT molecular complexity index is 567. The highest BCUT2D eigenvalue weighted by molar-refractivity contribution is 7.86. The lowest BCUT2D eigenvalue weighted by atomic mass is 10.2. The van der Waals surface area contributed by atoms with Gasteiger partial charge in [0.15, 0.2) is 10.1 Å². The average Bonchev–Trinajstić information content (AvgIpc) is 3.07. The fraction of sp³-hybridized carbons (Fsp3) is 0.769. The second kappa shape index (κ2) is 8.65. The number of aromatic nitrogens is 2. The van der Waals surface area contributed by atoms with E-state index in [1.165, 1.54) is 32.2 Å². The molecule has 1 atom stereocenters. The molecule has 134 valence electrons. The predicted octanol–water partition coefficient (Wildman–Crippen LogP) is 1.38. The SMILES string of the molecule is CCCCn1cc[n+](C[C@@H]2CCCN2)c1.O=S(=O)([O-])C(F)(F)F. The van der Waals surface area contributed by atoms with Crippen LogP contribution >= 0.6 is 0 Å². The van der Waals surface area contributed by atoms with E-state index >= 15 is 0 Å². The zero-order valence-corrected chi connectivity index (χ0v) is 13.7. The number of nitrogens with one attached hydrogen (secondary N) is 1. The Morgan fingerprint density at radius 3 is 2.57 bits per heavy atom. The first-order valence-corrected chi connectivity index (χ1v) is 8.84. The third-order valence-electron chi connectivity index (χ3n) is 3.39. The third-order valence-corrected chi connectivity index (χ3v) is 3.96. The summed E-state index contributed by atoms with van der Waals surface area (Å²) in [5.41, 5.74) is -5.65. The number of aryl methyl sites for hydroxylation is 1. The maximum absolute atomic E-state index is 10.7. The van der Waals surface area contributed by atoms with Crippen LogP contribution in [0.25, 0.3) is 0 Å². The summed E-state index contributed by atoms with van der Waals surface area (Å²) in [6.45, 7) is 5.71. The van der Waals surface area contributed by atoms with E-state index in [0.717, 1.165) is 13.1 Å². The topological polar surface area (TPSA) is 78.0 Å². The molecule has 1 aromatic heterocycles. The molecule has 10 heteroatoms. The molecule has 0 spiro atoms.